The van der Waals surface area contributed by atoms with Crippen LogP contribution in [0.4, 0.5) is 5.13 Å². The van der Waals surface area contributed by atoms with E-state index in [1.165, 1.54) is 30.4 Å². The Balaban J connectivity index is 2.50. The molecule has 0 saturated heterocycles. The summed E-state index contributed by atoms with van der Waals surface area (Å²) in [6, 6.07) is 0. The van der Waals surface area contributed by atoms with Crippen LogP contribution < -0.4 is 4.90 Å². The van der Waals surface area contributed by atoms with Gasteiger partial charge in [0.1, 0.15) is 4.88 Å². The predicted octanol–water partition coefficient (Wildman–Crippen LogP) is 2.47. The minimum absolute atomic E-state index is 0.298. The molecule has 1 aromatic rings. The number of aromatic carboxylic acids is 1. The Morgan fingerprint density at radius 2 is 2.33 bits per heavy atom. The fourth-order valence-corrected chi connectivity index (χ4v) is 1.98. The van der Waals surface area contributed by atoms with Gasteiger partial charge in [-0.3, -0.25) is 0 Å². The molecule has 84 valence electrons. The number of hydrogen-bond acceptors (Lipinski definition) is 4. The molecule has 0 saturated carbocycles. The highest BCUT2D eigenvalue weighted by molar-refractivity contribution is 7.17. The third-order valence-electron chi connectivity index (χ3n) is 2.13. The summed E-state index contributed by atoms with van der Waals surface area (Å²) < 4.78 is 0. The summed E-state index contributed by atoms with van der Waals surface area (Å²) in [5.74, 6) is -0.902. The number of carboxylic acid groups (broad SMARTS) is 1. The molecule has 0 spiro atoms. The number of carboxylic acids is 1. The molecule has 0 radical (unpaired) electrons. The molecular weight excluding hydrogens is 212 g/mol. The molecule has 0 aromatic carbocycles. The Labute approximate surface area is 93.6 Å². The first kappa shape index (κ1) is 12.0. The average molecular weight is 228 g/mol. The zero-order chi connectivity index (χ0) is 11.3. The number of nitrogens with zero attached hydrogens (tertiary/aromatic N) is 2. The SMILES string of the molecule is CCCCCN(C)c1ncc(C(=O)O)s1. The molecule has 1 N–H and O–H groups in total. The van der Waals surface area contributed by atoms with Gasteiger partial charge in [-0.15, -0.1) is 0 Å². The Morgan fingerprint density at radius 3 is 2.87 bits per heavy atom. The van der Waals surface area contributed by atoms with E-state index in [0.29, 0.717) is 4.88 Å². The summed E-state index contributed by atoms with van der Waals surface area (Å²) in [6.45, 7) is 3.09. The highest BCUT2D eigenvalue weighted by Gasteiger charge is 2.10. The first-order valence-corrected chi connectivity index (χ1v) is 5.87. The van der Waals surface area contributed by atoms with Gasteiger partial charge in [0, 0.05) is 13.6 Å². The summed E-state index contributed by atoms with van der Waals surface area (Å²) in [5.41, 5.74) is 0. The molecule has 0 atom stereocenters. The average Bonchev–Trinajstić information content (AvgIpc) is 2.66. The Morgan fingerprint density at radius 1 is 1.60 bits per heavy atom. The van der Waals surface area contributed by atoms with Gasteiger partial charge < -0.3 is 10.0 Å². The van der Waals surface area contributed by atoms with Crippen molar-refractivity contribution in [3.05, 3.63) is 11.1 Å². The molecule has 5 heteroatoms. The van der Waals surface area contributed by atoms with Crippen molar-refractivity contribution in [2.75, 3.05) is 18.5 Å². The van der Waals surface area contributed by atoms with Gasteiger partial charge in [-0.2, -0.15) is 0 Å². The van der Waals surface area contributed by atoms with Crippen molar-refractivity contribution in [1.29, 1.82) is 0 Å². The molecule has 0 aliphatic heterocycles. The smallest absolute Gasteiger partial charge is 0.347 e. The van der Waals surface area contributed by atoms with Crippen molar-refractivity contribution in [1.82, 2.24) is 4.98 Å². The third-order valence-corrected chi connectivity index (χ3v) is 3.23. The fraction of sp³-hybridized carbons (Fsp3) is 0.600. The number of carbonyl (C=O) groups is 1. The van der Waals surface area contributed by atoms with Gasteiger partial charge in [0.15, 0.2) is 5.13 Å². The minimum Gasteiger partial charge on any atom is -0.477 e. The number of aromatic nitrogens is 1. The second-order valence-electron chi connectivity index (χ2n) is 3.44. The summed E-state index contributed by atoms with van der Waals surface area (Å²) >= 11 is 1.22. The molecule has 0 aliphatic rings. The van der Waals surface area contributed by atoms with Crippen LogP contribution in [-0.2, 0) is 0 Å². The molecule has 4 nitrogen and oxygen atoms in total. The zero-order valence-corrected chi connectivity index (χ0v) is 9.88. The molecular formula is C10H16N2O2S. The maximum atomic E-state index is 10.6. The number of anilines is 1. The summed E-state index contributed by atoms with van der Waals surface area (Å²) in [7, 11) is 1.94. The van der Waals surface area contributed by atoms with Crippen molar-refractivity contribution >= 4 is 22.4 Å². The van der Waals surface area contributed by atoms with Crippen molar-refractivity contribution in [3.63, 3.8) is 0 Å². The van der Waals surface area contributed by atoms with Crippen LogP contribution in [0.5, 0.6) is 0 Å². The largest absolute Gasteiger partial charge is 0.477 e. The molecule has 1 aromatic heterocycles. The topological polar surface area (TPSA) is 53.4 Å². The van der Waals surface area contributed by atoms with Crippen molar-refractivity contribution < 1.29 is 9.90 Å². The van der Waals surface area contributed by atoms with Crippen LogP contribution in [0, 0.1) is 0 Å². The Hall–Kier alpha value is -1.10. The third kappa shape index (κ3) is 3.51. The lowest BCUT2D eigenvalue weighted by Gasteiger charge is -2.14. The molecule has 15 heavy (non-hydrogen) atoms. The predicted molar refractivity (Wildman–Crippen MR) is 61.9 cm³/mol. The van der Waals surface area contributed by atoms with E-state index in [-0.39, 0.29) is 0 Å². The maximum absolute atomic E-state index is 10.6. The van der Waals surface area contributed by atoms with E-state index in [1.807, 2.05) is 11.9 Å². The monoisotopic (exact) mass is 228 g/mol. The van der Waals surface area contributed by atoms with E-state index in [0.717, 1.165) is 18.1 Å². The maximum Gasteiger partial charge on any atom is 0.347 e. The van der Waals surface area contributed by atoms with Crippen LogP contribution in [0.2, 0.25) is 0 Å². The lowest BCUT2D eigenvalue weighted by Crippen LogP contribution is -2.17. The van der Waals surface area contributed by atoms with E-state index in [1.54, 1.807) is 0 Å². The van der Waals surface area contributed by atoms with E-state index < -0.39 is 5.97 Å². The highest BCUT2D eigenvalue weighted by Crippen LogP contribution is 2.21. The lowest BCUT2D eigenvalue weighted by molar-refractivity contribution is 0.0702. The van der Waals surface area contributed by atoms with Crippen LogP contribution in [0.25, 0.3) is 0 Å². The fourth-order valence-electron chi connectivity index (χ4n) is 1.23. The van der Waals surface area contributed by atoms with Gasteiger partial charge in [-0.05, 0) is 6.42 Å². The minimum atomic E-state index is -0.902. The van der Waals surface area contributed by atoms with Gasteiger partial charge in [0.25, 0.3) is 0 Å². The Kier molecular flexibility index (Phi) is 4.55. The van der Waals surface area contributed by atoms with Crippen molar-refractivity contribution in [2.24, 2.45) is 0 Å². The standard InChI is InChI=1S/C10H16N2O2S/c1-3-4-5-6-12(2)10-11-7-8(15-10)9(13)14/h7H,3-6H2,1-2H3,(H,13,14). The first-order valence-electron chi connectivity index (χ1n) is 5.05. The van der Waals surface area contributed by atoms with Crippen molar-refractivity contribution in [2.45, 2.75) is 26.2 Å². The lowest BCUT2D eigenvalue weighted by atomic mass is 10.2. The summed E-state index contributed by atoms with van der Waals surface area (Å²) in [4.78, 5) is 17.0. The molecule has 0 bridgehead atoms. The van der Waals surface area contributed by atoms with E-state index in [9.17, 15) is 4.79 Å². The highest BCUT2D eigenvalue weighted by atomic mass is 32.1. The number of thiazole rings is 1. The van der Waals surface area contributed by atoms with Gasteiger partial charge >= 0.3 is 5.97 Å². The second-order valence-corrected chi connectivity index (χ2v) is 4.45. The molecule has 1 heterocycles. The molecule has 0 aliphatic carbocycles. The molecule has 0 fully saturated rings. The summed E-state index contributed by atoms with van der Waals surface area (Å²) in [5, 5.41) is 9.53. The van der Waals surface area contributed by atoms with Gasteiger partial charge in [0.05, 0.1) is 6.20 Å². The van der Waals surface area contributed by atoms with Crippen LogP contribution in [0.15, 0.2) is 6.20 Å². The van der Waals surface area contributed by atoms with Gasteiger partial charge in [-0.1, -0.05) is 31.1 Å². The van der Waals surface area contributed by atoms with E-state index in [4.69, 9.17) is 5.11 Å². The van der Waals surface area contributed by atoms with Crippen LogP contribution >= 0.6 is 11.3 Å². The second kappa shape index (κ2) is 5.70. The number of rotatable bonds is 6. The molecule has 1 rings (SSSR count). The van der Waals surface area contributed by atoms with Crippen LogP contribution in [-0.4, -0.2) is 29.7 Å². The molecule has 0 amide bonds. The van der Waals surface area contributed by atoms with Gasteiger partial charge in [-0.25, -0.2) is 9.78 Å². The first-order chi connectivity index (χ1) is 7.15. The number of unbranched alkanes of at least 4 members (excludes halogenated alkanes) is 2. The zero-order valence-electron chi connectivity index (χ0n) is 9.06. The molecule has 0 unspecified atom stereocenters. The van der Waals surface area contributed by atoms with E-state index in [2.05, 4.69) is 11.9 Å². The summed E-state index contributed by atoms with van der Waals surface area (Å²) in [6.07, 6.45) is 4.92. The van der Waals surface area contributed by atoms with Crippen LogP contribution in [0.3, 0.4) is 0 Å². The van der Waals surface area contributed by atoms with Crippen LogP contribution in [0.1, 0.15) is 35.9 Å². The Bertz CT molecular complexity index is 325. The number of hydrogen-bond donors (Lipinski definition) is 1. The van der Waals surface area contributed by atoms with E-state index >= 15 is 0 Å². The van der Waals surface area contributed by atoms with Gasteiger partial charge in [0.2, 0.25) is 0 Å². The normalized spacial score (nSPS) is 10.3. The quantitative estimate of drug-likeness (QED) is 0.760. The van der Waals surface area contributed by atoms with Crippen molar-refractivity contribution in [3.8, 4) is 0 Å².